The number of amides is 1. The number of carbonyl (C=O) groups excluding carboxylic acids is 1. The van der Waals surface area contributed by atoms with E-state index in [9.17, 15) is 4.79 Å². The highest BCUT2D eigenvalue weighted by molar-refractivity contribution is 7.13. The van der Waals surface area contributed by atoms with E-state index in [1.54, 1.807) is 5.38 Å². The normalized spacial score (nSPS) is 31.1. The van der Waals surface area contributed by atoms with Gasteiger partial charge in [-0.1, -0.05) is 6.42 Å². The van der Waals surface area contributed by atoms with Gasteiger partial charge in [-0.25, -0.2) is 4.98 Å². The lowest BCUT2D eigenvalue weighted by atomic mass is 9.82. The van der Waals surface area contributed by atoms with Crippen molar-refractivity contribution >= 4 is 22.4 Å². The summed E-state index contributed by atoms with van der Waals surface area (Å²) in [5, 5.41) is 5.29. The van der Waals surface area contributed by atoms with E-state index in [-0.39, 0.29) is 11.9 Å². The summed E-state index contributed by atoms with van der Waals surface area (Å²) >= 11 is 1.31. The Bertz CT molecular complexity index is 461. The quantitative estimate of drug-likeness (QED) is 0.860. The Morgan fingerprint density at radius 2 is 2.16 bits per heavy atom. The number of rotatable bonds is 2. The minimum atomic E-state index is -0.0828. The molecule has 0 radical (unpaired) electrons. The lowest BCUT2D eigenvalue weighted by Crippen LogP contribution is -2.55. The number of anilines is 1. The monoisotopic (exact) mass is 280 g/mol. The zero-order chi connectivity index (χ0) is 13.4. The molecule has 2 unspecified atom stereocenters. The SMILES string of the molecule is CN1C2CCCC1CC(NC(=O)c1csc(N)n1)C2. The number of nitrogens with two attached hydrogens (primary N) is 1. The summed E-state index contributed by atoms with van der Waals surface area (Å²) in [5.74, 6) is -0.0828. The van der Waals surface area contributed by atoms with E-state index in [4.69, 9.17) is 5.73 Å². The lowest BCUT2D eigenvalue weighted by Gasteiger charge is -2.47. The van der Waals surface area contributed by atoms with Crippen molar-refractivity contribution in [2.45, 2.75) is 50.2 Å². The number of hydrogen-bond acceptors (Lipinski definition) is 5. The molecule has 0 aromatic carbocycles. The zero-order valence-electron chi connectivity index (χ0n) is 11.1. The van der Waals surface area contributed by atoms with Crippen molar-refractivity contribution in [2.75, 3.05) is 12.8 Å². The third-order valence-electron chi connectivity index (χ3n) is 4.43. The van der Waals surface area contributed by atoms with Crippen molar-refractivity contribution < 1.29 is 4.79 Å². The Labute approximate surface area is 117 Å². The number of carbonyl (C=O) groups is 1. The van der Waals surface area contributed by atoms with E-state index in [1.165, 1.54) is 30.6 Å². The summed E-state index contributed by atoms with van der Waals surface area (Å²) in [7, 11) is 2.22. The lowest BCUT2D eigenvalue weighted by molar-refractivity contribution is 0.0462. The first-order valence-corrected chi connectivity index (χ1v) is 7.75. The van der Waals surface area contributed by atoms with Crippen LogP contribution in [0.5, 0.6) is 0 Å². The Balaban J connectivity index is 1.63. The van der Waals surface area contributed by atoms with Gasteiger partial charge in [-0.2, -0.15) is 0 Å². The molecule has 2 fully saturated rings. The molecule has 0 saturated carbocycles. The van der Waals surface area contributed by atoms with Crippen LogP contribution < -0.4 is 11.1 Å². The molecule has 2 aliphatic rings. The summed E-state index contributed by atoms with van der Waals surface area (Å²) in [6.07, 6.45) is 5.94. The van der Waals surface area contributed by atoms with E-state index in [0.717, 1.165) is 12.8 Å². The largest absolute Gasteiger partial charge is 0.375 e. The van der Waals surface area contributed by atoms with E-state index in [0.29, 0.717) is 22.9 Å². The summed E-state index contributed by atoms with van der Waals surface area (Å²) in [6, 6.07) is 1.53. The first kappa shape index (κ1) is 12.9. The van der Waals surface area contributed by atoms with Crippen molar-refractivity contribution in [3.8, 4) is 0 Å². The molecule has 1 amide bonds. The number of nitrogen functional groups attached to an aromatic ring is 1. The van der Waals surface area contributed by atoms with Crippen molar-refractivity contribution in [3.63, 3.8) is 0 Å². The van der Waals surface area contributed by atoms with Crippen LogP contribution >= 0.6 is 11.3 Å². The Morgan fingerprint density at radius 1 is 1.47 bits per heavy atom. The van der Waals surface area contributed by atoms with Crippen LogP contribution in [0, 0.1) is 0 Å². The number of nitrogens with one attached hydrogen (secondary N) is 1. The number of aromatic nitrogens is 1. The fourth-order valence-corrected chi connectivity index (χ4v) is 3.93. The number of fused-ring (bicyclic) bond motifs is 2. The van der Waals surface area contributed by atoms with Crippen LogP contribution in [0.3, 0.4) is 0 Å². The van der Waals surface area contributed by atoms with Crippen LogP contribution in [0.1, 0.15) is 42.6 Å². The molecule has 3 N–H and O–H groups in total. The highest BCUT2D eigenvalue weighted by Crippen LogP contribution is 2.32. The molecule has 6 heteroatoms. The standard InChI is InChI=1S/C13H20N4OS/c1-17-9-3-2-4-10(17)6-8(5-9)15-12(18)11-7-19-13(14)16-11/h7-10H,2-6H2,1H3,(H2,14,16)(H,15,18). The molecule has 1 aromatic heterocycles. The Hall–Kier alpha value is -1.14. The molecule has 3 heterocycles. The first-order chi connectivity index (χ1) is 9.13. The van der Waals surface area contributed by atoms with Gasteiger partial charge in [-0.15, -0.1) is 11.3 Å². The fourth-order valence-electron chi connectivity index (χ4n) is 3.38. The van der Waals surface area contributed by atoms with Crippen LogP contribution in [-0.2, 0) is 0 Å². The number of hydrogen-bond donors (Lipinski definition) is 2. The molecule has 19 heavy (non-hydrogen) atoms. The molecule has 104 valence electrons. The molecule has 2 aliphatic heterocycles. The maximum atomic E-state index is 12.1. The molecule has 2 saturated heterocycles. The van der Waals surface area contributed by atoms with Crippen molar-refractivity contribution in [2.24, 2.45) is 0 Å². The molecule has 3 rings (SSSR count). The second kappa shape index (κ2) is 5.09. The molecule has 1 aromatic rings. The van der Waals surface area contributed by atoms with E-state index in [2.05, 4.69) is 22.2 Å². The minimum absolute atomic E-state index is 0.0828. The maximum absolute atomic E-state index is 12.1. The van der Waals surface area contributed by atoms with Gasteiger partial charge in [0.05, 0.1) is 0 Å². The predicted octanol–water partition coefficient (Wildman–Crippen LogP) is 1.47. The summed E-state index contributed by atoms with van der Waals surface area (Å²) in [5.41, 5.74) is 6.01. The molecule has 5 nitrogen and oxygen atoms in total. The van der Waals surface area contributed by atoms with Crippen LogP contribution in [-0.4, -0.2) is 41.0 Å². The van der Waals surface area contributed by atoms with Crippen molar-refractivity contribution in [1.29, 1.82) is 0 Å². The molecule has 2 atom stereocenters. The molecule has 2 bridgehead atoms. The zero-order valence-corrected chi connectivity index (χ0v) is 11.9. The Kier molecular flexibility index (Phi) is 3.45. The molecule has 0 aliphatic carbocycles. The second-order valence-electron chi connectivity index (χ2n) is 5.62. The van der Waals surface area contributed by atoms with Crippen molar-refractivity contribution in [1.82, 2.24) is 15.2 Å². The summed E-state index contributed by atoms with van der Waals surface area (Å²) in [6.45, 7) is 0. The van der Waals surface area contributed by atoms with Crippen LogP contribution in [0.25, 0.3) is 0 Å². The van der Waals surface area contributed by atoms with Gasteiger partial charge >= 0.3 is 0 Å². The van der Waals surface area contributed by atoms with Gasteiger partial charge in [0.25, 0.3) is 5.91 Å². The van der Waals surface area contributed by atoms with Crippen LogP contribution in [0.15, 0.2) is 5.38 Å². The van der Waals surface area contributed by atoms with E-state index < -0.39 is 0 Å². The average molecular weight is 280 g/mol. The first-order valence-electron chi connectivity index (χ1n) is 6.87. The van der Waals surface area contributed by atoms with Gasteiger partial charge in [-0.05, 0) is 32.7 Å². The fraction of sp³-hybridized carbons (Fsp3) is 0.692. The number of thiazole rings is 1. The highest BCUT2D eigenvalue weighted by Gasteiger charge is 2.36. The second-order valence-corrected chi connectivity index (χ2v) is 6.51. The number of nitrogens with zero attached hydrogens (tertiary/aromatic N) is 2. The van der Waals surface area contributed by atoms with Crippen LogP contribution in [0.2, 0.25) is 0 Å². The smallest absolute Gasteiger partial charge is 0.271 e. The minimum Gasteiger partial charge on any atom is -0.375 e. The highest BCUT2D eigenvalue weighted by atomic mass is 32.1. The van der Waals surface area contributed by atoms with Gasteiger partial charge in [0.15, 0.2) is 5.13 Å². The van der Waals surface area contributed by atoms with Crippen LogP contribution in [0.4, 0.5) is 5.13 Å². The topological polar surface area (TPSA) is 71.2 Å². The molecular formula is C13H20N4OS. The third kappa shape index (κ3) is 2.60. The predicted molar refractivity (Wildman–Crippen MR) is 76.2 cm³/mol. The van der Waals surface area contributed by atoms with Gasteiger partial charge in [0.2, 0.25) is 0 Å². The van der Waals surface area contributed by atoms with Gasteiger partial charge in [-0.3, -0.25) is 4.79 Å². The molecular weight excluding hydrogens is 260 g/mol. The number of piperidine rings is 2. The summed E-state index contributed by atoms with van der Waals surface area (Å²) in [4.78, 5) is 18.6. The van der Waals surface area contributed by atoms with Gasteiger partial charge < -0.3 is 16.0 Å². The van der Waals surface area contributed by atoms with Crippen molar-refractivity contribution in [3.05, 3.63) is 11.1 Å². The van der Waals surface area contributed by atoms with E-state index >= 15 is 0 Å². The van der Waals surface area contributed by atoms with Gasteiger partial charge in [0, 0.05) is 23.5 Å². The molecule has 0 spiro atoms. The van der Waals surface area contributed by atoms with Gasteiger partial charge in [0.1, 0.15) is 5.69 Å². The average Bonchev–Trinajstić information content (AvgIpc) is 2.77. The Morgan fingerprint density at radius 3 is 2.74 bits per heavy atom. The third-order valence-corrected chi connectivity index (χ3v) is 5.10. The summed E-state index contributed by atoms with van der Waals surface area (Å²) < 4.78 is 0. The van der Waals surface area contributed by atoms with E-state index in [1.807, 2.05) is 0 Å². The maximum Gasteiger partial charge on any atom is 0.271 e.